The number of benzene rings is 1. The first-order chi connectivity index (χ1) is 10.0. The second-order valence-electron chi connectivity index (χ2n) is 4.92. The second-order valence-corrected chi connectivity index (χ2v) is 6.62. The van der Waals surface area contributed by atoms with E-state index in [0.29, 0.717) is 17.4 Å². The van der Waals surface area contributed by atoms with Crippen LogP contribution in [0.1, 0.15) is 16.9 Å². The molecule has 6 heteroatoms. The lowest BCUT2D eigenvalue weighted by Crippen LogP contribution is -2.21. The highest BCUT2D eigenvalue weighted by molar-refractivity contribution is 7.15. The Morgan fingerprint density at radius 1 is 1.43 bits per heavy atom. The fraction of sp³-hybridized carbons (Fsp3) is 0.333. The van der Waals surface area contributed by atoms with Crippen molar-refractivity contribution in [2.75, 3.05) is 19.4 Å². The van der Waals surface area contributed by atoms with Crippen LogP contribution in [0.2, 0.25) is 4.47 Å². The van der Waals surface area contributed by atoms with E-state index in [1.807, 2.05) is 18.2 Å². The predicted octanol–water partition coefficient (Wildman–Crippen LogP) is 3.43. The zero-order valence-electron chi connectivity index (χ0n) is 12.1. The van der Waals surface area contributed by atoms with Gasteiger partial charge in [0.15, 0.2) is 4.47 Å². The maximum atomic E-state index is 11.6. The molecule has 0 saturated carbocycles. The first-order valence-corrected chi connectivity index (χ1v) is 7.87. The minimum Gasteiger partial charge on any atom is -0.380 e. The quantitative estimate of drug-likeness (QED) is 0.886. The Morgan fingerprint density at radius 3 is 2.90 bits per heavy atom. The van der Waals surface area contributed by atoms with Crippen molar-refractivity contribution in [3.05, 3.63) is 45.4 Å². The summed E-state index contributed by atoms with van der Waals surface area (Å²) in [6.45, 7) is 0.699. The maximum absolute atomic E-state index is 11.6. The van der Waals surface area contributed by atoms with E-state index in [1.54, 1.807) is 25.2 Å². The van der Waals surface area contributed by atoms with Gasteiger partial charge in [-0.05, 0) is 24.1 Å². The number of aromatic nitrogens is 1. The van der Waals surface area contributed by atoms with Gasteiger partial charge >= 0.3 is 0 Å². The van der Waals surface area contributed by atoms with E-state index in [4.69, 9.17) is 11.6 Å². The topological polar surface area (TPSA) is 45.2 Å². The Balaban J connectivity index is 1.89. The molecule has 2 aromatic rings. The van der Waals surface area contributed by atoms with Crippen LogP contribution >= 0.6 is 22.9 Å². The molecule has 0 radical (unpaired) electrons. The van der Waals surface area contributed by atoms with E-state index in [-0.39, 0.29) is 5.91 Å². The Labute approximate surface area is 133 Å². The van der Waals surface area contributed by atoms with Crippen molar-refractivity contribution in [3.63, 3.8) is 0 Å². The van der Waals surface area contributed by atoms with Gasteiger partial charge in [0.1, 0.15) is 0 Å². The molecule has 0 fully saturated rings. The zero-order valence-corrected chi connectivity index (χ0v) is 13.7. The largest absolute Gasteiger partial charge is 0.380 e. The molecule has 1 N–H and O–H groups in total. The highest BCUT2D eigenvalue weighted by Crippen LogP contribution is 2.19. The van der Waals surface area contributed by atoms with E-state index < -0.39 is 0 Å². The molecule has 0 saturated heterocycles. The molecule has 1 amide bonds. The third-order valence-corrected chi connectivity index (χ3v) is 4.16. The summed E-state index contributed by atoms with van der Waals surface area (Å²) < 4.78 is 0.558. The van der Waals surface area contributed by atoms with E-state index in [1.165, 1.54) is 11.3 Å². The van der Waals surface area contributed by atoms with Crippen LogP contribution in [0.5, 0.6) is 0 Å². The van der Waals surface area contributed by atoms with Crippen LogP contribution in [0, 0.1) is 0 Å². The van der Waals surface area contributed by atoms with Crippen molar-refractivity contribution in [3.8, 4) is 0 Å². The van der Waals surface area contributed by atoms with Crippen molar-refractivity contribution in [1.82, 2.24) is 9.88 Å². The summed E-state index contributed by atoms with van der Waals surface area (Å²) in [6, 6.07) is 8.13. The monoisotopic (exact) mass is 323 g/mol. The Morgan fingerprint density at radius 2 is 2.24 bits per heavy atom. The van der Waals surface area contributed by atoms with Crippen LogP contribution < -0.4 is 5.32 Å². The number of halogens is 1. The van der Waals surface area contributed by atoms with Gasteiger partial charge in [-0.25, -0.2) is 4.98 Å². The number of carbonyl (C=O) groups is 1. The van der Waals surface area contributed by atoms with Crippen molar-refractivity contribution in [2.24, 2.45) is 0 Å². The molecule has 0 atom stereocenters. The summed E-state index contributed by atoms with van der Waals surface area (Å²) in [4.78, 5) is 18.3. The van der Waals surface area contributed by atoms with Crippen LogP contribution in [0.4, 0.5) is 5.69 Å². The molecular formula is C15H18ClN3OS. The maximum Gasteiger partial charge on any atom is 0.222 e. The first-order valence-electron chi connectivity index (χ1n) is 6.68. The molecular weight excluding hydrogens is 306 g/mol. The van der Waals surface area contributed by atoms with Crippen LogP contribution in [-0.2, 0) is 17.8 Å². The molecule has 0 unspecified atom stereocenters. The molecule has 4 nitrogen and oxygen atoms in total. The fourth-order valence-corrected chi connectivity index (χ4v) is 2.78. The molecule has 2 rings (SSSR count). The normalized spacial score (nSPS) is 10.4. The highest BCUT2D eigenvalue weighted by Gasteiger charge is 2.05. The highest BCUT2D eigenvalue weighted by atomic mass is 35.5. The standard InChI is InChI=1S/C15H18ClN3OS/c1-19(2)14(20)7-6-11-4-3-5-12(8-11)17-9-13-10-18-15(16)21-13/h3-5,8,10,17H,6-7,9H2,1-2H3. The number of anilines is 1. The van der Waals surface area contributed by atoms with Gasteiger partial charge in [0, 0.05) is 37.3 Å². The van der Waals surface area contributed by atoms with Gasteiger partial charge in [-0.2, -0.15) is 0 Å². The van der Waals surface area contributed by atoms with E-state index in [0.717, 1.165) is 22.5 Å². The van der Waals surface area contributed by atoms with Crippen LogP contribution in [0.25, 0.3) is 0 Å². The zero-order chi connectivity index (χ0) is 15.2. The number of thiazole rings is 1. The lowest BCUT2D eigenvalue weighted by molar-refractivity contribution is -0.128. The summed E-state index contributed by atoms with van der Waals surface area (Å²) in [6.07, 6.45) is 3.05. The van der Waals surface area contributed by atoms with Crippen molar-refractivity contribution >= 4 is 34.5 Å². The molecule has 1 aromatic heterocycles. The summed E-state index contributed by atoms with van der Waals surface area (Å²) in [5.41, 5.74) is 2.19. The average molecular weight is 324 g/mol. The van der Waals surface area contributed by atoms with Gasteiger partial charge in [-0.15, -0.1) is 11.3 Å². The summed E-state index contributed by atoms with van der Waals surface area (Å²) in [5.74, 6) is 0.146. The molecule has 0 aliphatic rings. The molecule has 0 aliphatic heterocycles. The summed E-state index contributed by atoms with van der Waals surface area (Å²) in [7, 11) is 3.56. The number of nitrogens with zero attached hydrogens (tertiary/aromatic N) is 2. The number of hydrogen-bond acceptors (Lipinski definition) is 4. The summed E-state index contributed by atoms with van der Waals surface area (Å²) in [5, 5.41) is 3.34. The lowest BCUT2D eigenvalue weighted by Gasteiger charge is -2.11. The Hall–Kier alpha value is -1.59. The lowest BCUT2D eigenvalue weighted by atomic mass is 10.1. The van der Waals surface area contributed by atoms with Gasteiger partial charge in [-0.3, -0.25) is 4.79 Å². The molecule has 0 aliphatic carbocycles. The van der Waals surface area contributed by atoms with E-state index in [2.05, 4.69) is 16.4 Å². The van der Waals surface area contributed by atoms with Gasteiger partial charge in [0.2, 0.25) is 5.91 Å². The third-order valence-electron chi connectivity index (χ3n) is 3.05. The SMILES string of the molecule is CN(C)C(=O)CCc1cccc(NCc2cnc(Cl)s2)c1. The van der Waals surface area contributed by atoms with Crippen LogP contribution in [0.3, 0.4) is 0 Å². The van der Waals surface area contributed by atoms with E-state index >= 15 is 0 Å². The van der Waals surface area contributed by atoms with Gasteiger partial charge in [-0.1, -0.05) is 23.7 Å². The first kappa shape index (κ1) is 15.8. The molecule has 1 heterocycles. The number of hydrogen-bond donors (Lipinski definition) is 1. The van der Waals surface area contributed by atoms with Crippen molar-refractivity contribution in [2.45, 2.75) is 19.4 Å². The van der Waals surface area contributed by atoms with Crippen LogP contribution in [0.15, 0.2) is 30.5 Å². The molecule has 112 valence electrons. The molecule has 21 heavy (non-hydrogen) atoms. The minimum atomic E-state index is 0.146. The second kappa shape index (κ2) is 7.43. The summed E-state index contributed by atoms with van der Waals surface area (Å²) >= 11 is 7.28. The number of rotatable bonds is 6. The Kier molecular flexibility index (Phi) is 5.59. The number of aryl methyl sites for hydroxylation is 1. The third kappa shape index (κ3) is 5.02. The minimum absolute atomic E-state index is 0.146. The molecule has 0 spiro atoms. The number of carbonyl (C=O) groups excluding carboxylic acids is 1. The molecule has 0 bridgehead atoms. The van der Waals surface area contributed by atoms with Crippen molar-refractivity contribution in [1.29, 1.82) is 0 Å². The van der Waals surface area contributed by atoms with Gasteiger partial charge in [0.05, 0.1) is 6.54 Å². The van der Waals surface area contributed by atoms with Gasteiger partial charge in [0.25, 0.3) is 0 Å². The number of amides is 1. The number of nitrogens with one attached hydrogen (secondary N) is 1. The van der Waals surface area contributed by atoms with Gasteiger partial charge < -0.3 is 10.2 Å². The fourth-order valence-electron chi connectivity index (χ4n) is 1.87. The smallest absolute Gasteiger partial charge is 0.222 e. The van der Waals surface area contributed by atoms with Crippen LogP contribution in [-0.4, -0.2) is 29.9 Å². The predicted molar refractivity (Wildman–Crippen MR) is 87.9 cm³/mol. The average Bonchev–Trinajstić information content (AvgIpc) is 2.88. The molecule has 1 aromatic carbocycles. The van der Waals surface area contributed by atoms with E-state index in [9.17, 15) is 4.79 Å². The Bertz CT molecular complexity index is 612. The van der Waals surface area contributed by atoms with Crippen molar-refractivity contribution < 1.29 is 4.79 Å².